The van der Waals surface area contributed by atoms with Crippen LogP contribution in [0.1, 0.15) is 11.1 Å². The van der Waals surface area contributed by atoms with Crippen LogP contribution in [-0.4, -0.2) is 17.9 Å². The number of nitrogens with one attached hydrogen (secondary N) is 1. The Morgan fingerprint density at radius 2 is 2.00 bits per heavy atom. The molecule has 0 amide bonds. The van der Waals surface area contributed by atoms with Crippen LogP contribution >= 0.6 is 0 Å². The van der Waals surface area contributed by atoms with E-state index >= 15 is 0 Å². The van der Waals surface area contributed by atoms with E-state index in [1.807, 2.05) is 11.9 Å². The van der Waals surface area contributed by atoms with Crippen LogP contribution in [0, 0.1) is 11.2 Å². The first-order chi connectivity index (χ1) is 9.06. The number of halogens is 1. The maximum Gasteiger partial charge on any atom is 0.129 e. The minimum atomic E-state index is -0.247. The minimum absolute atomic E-state index is 0.0128. The summed E-state index contributed by atoms with van der Waals surface area (Å²) >= 11 is 0. The van der Waals surface area contributed by atoms with Crippen molar-refractivity contribution < 1.29 is 4.39 Å². The van der Waals surface area contributed by atoms with Crippen molar-refractivity contribution >= 4 is 11.7 Å². The molecule has 1 aromatic carbocycles. The van der Waals surface area contributed by atoms with Gasteiger partial charge in [-0.25, -0.2) is 9.37 Å². The molecule has 0 aliphatic heterocycles. The number of benzene rings is 1. The Morgan fingerprint density at radius 3 is 2.63 bits per heavy atom. The van der Waals surface area contributed by atoms with Crippen molar-refractivity contribution in [2.24, 2.45) is 5.73 Å². The van der Waals surface area contributed by atoms with E-state index in [1.165, 1.54) is 12.1 Å². The first kappa shape index (κ1) is 13.0. The topological polar surface area (TPSA) is 66.0 Å². The van der Waals surface area contributed by atoms with Gasteiger partial charge in [-0.3, -0.25) is 5.41 Å². The maximum absolute atomic E-state index is 12.8. The van der Waals surface area contributed by atoms with Crippen LogP contribution < -0.4 is 10.6 Å². The van der Waals surface area contributed by atoms with Crippen molar-refractivity contribution in [2.75, 3.05) is 11.9 Å². The molecule has 0 radical (unpaired) electrons. The number of nitrogen functional groups attached to an aromatic ring is 1. The van der Waals surface area contributed by atoms with Crippen LogP contribution in [0.2, 0.25) is 0 Å². The van der Waals surface area contributed by atoms with E-state index < -0.39 is 0 Å². The number of amidine groups is 1. The van der Waals surface area contributed by atoms with Crippen molar-refractivity contribution in [3.8, 4) is 0 Å². The summed E-state index contributed by atoms with van der Waals surface area (Å²) in [4.78, 5) is 6.15. The number of pyridine rings is 1. The van der Waals surface area contributed by atoms with E-state index in [9.17, 15) is 4.39 Å². The second-order valence-corrected chi connectivity index (χ2v) is 4.30. The van der Waals surface area contributed by atoms with Crippen molar-refractivity contribution in [3.05, 3.63) is 59.5 Å². The Hall–Kier alpha value is -2.43. The molecule has 1 heterocycles. The number of anilines is 1. The van der Waals surface area contributed by atoms with Crippen molar-refractivity contribution in [3.63, 3.8) is 0 Å². The molecule has 0 aliphatic carbocycles. The van der Waals surface area contributed by atoms with E-state index in [4.69, 9.17) is 11.1 Å². The first-order valence-corrected chi connectivity index (χ1v) is 5.82. The molecule has 1 aromatic heterocycles. The first-order valence-electron chi connectivity index (χ1n) is 5.82. The summed E-state index contributed by atoms with van der Waals surface area (Å²) in [5.74, 6) is 0.485. The van der Waals surface area contributed by atoms with Gasteiger partial charge in [-0.1, -0.05) is 12.1 Å². The molecule has 2 aromatic rings. The van der Waals surface area contributed by atoms with Gasteiger partial charge in [0.2, 0.25) is 0 Å². The summed E-state index contributed by atoms with van der Waals surface area (Å²) in [7, 11) is 1.88. The zero-order valence-electron chi connectivity index (χ0n) is 10.6. The summed E-state index contributed by atoms with van der Waals surface area (Å²) in [5.41, 5.74) is 7.07. The second-order valence-electron chi connectivity index (χ2n) is 4.30. The Balaban J connectivity index is 2.15. The third-order valence-electron chi connectivity index (χ3n) is 2.78. The Labute approximate surface area is 111 Å². The third kappa shape index (κ3) is 3.28. The van der Waals surface area contributed by atoms with Crippen LogP contribution in [0.4, 0.5) is 10.2 Å². The number of hydrogen-bond donors (Lipinski definition) is 2. The molecule has 5 heteroatoms. The lowest BCUT2D eigenvalue weighted by atomic mass is 10.2. The zero-order chi connectivity index (χ0) is 13.8. The van der Waals surface area contributed by atoms with Gasteiger partial charge >= 0.3 is 0 Å². The number of hydrogen-bond acceptors (Lipinski definition) is 3. The smallest absolute Gasteiger partial charge is 0.129 e. The molecular formula is C14H15FN4. The molecule has 0 saturated carbocycles. The molecule has 0 atom stereocenters. The minimum Gasteiger partial charge on any atom is -0.384 e. The predicted molar refractivity (Wildman–Crippen MR) is 73.8 cm³/mol. The second kappa shape index (κ2) is 5.48. The lowest BCUT2D eigenvalue weighted by molar-refractivity contribution is 0.627. The normalized spacial score (nSPS) is 10.2. The molecule has 0 aliphatic rings. The van der Waals surface area contributed by atoms with Gasteiger partial charge in [-0.05, 0) is 29.8 Å². The molecule has 3 N–H and O–H groups in total. The fourth-order valence-electron chi connectivity index (χ4n) is 1.74. The van der Waals surface area contributed by atoms with Gasteiger partial charge in [0.05, 0.1) is 0 Å². The van der Waals surface area contributed by atoms with Crippen molar-refractivity contribution in [2.45, 2.75) is 6.54 Å². The van der Waals surface area contributed by atoms with Gasteiger partial charge in [0.15, 0.2) is 0 Å². The summed E-state index contributed by atoms with van der Waals surface area (Å²) in [6, 6.07) is 9.79. The van der Waals surface area contributed by atoms with Crippen LogP contribution in [0.25, 0.3) is 0 Å². The summed E-state index contributed by atoms with van der Waals surface area (Å²) < 4.78 is 12.8. The van der Waals surface area contributed by atoms with Gasteiger partial charge in [-0.2, -0.15) is 0 Å². The fourth-order valence-corrected chi connectivity index (χ4v) is 1.74. The van der Waals surface area contributed by atoms with Gasteiger partial charge in [0, 0.05) is 25.4 Å². The largest absolute Gasteiger partial charge is 0.384 e. The average molecular weight is 258 g/mol. The van der Waals surface area contributed by atoms with Crippen LogP contribution in [0.15, 0.2) is 42.6 Å². The zero-order valence-corrected chi connectivity index (χ0v) is 10.6. The molecule has 0 unspecified atom stereocenters. The van der Waals surface area contributed by atoms with E-state index in [2.05, 4.69) is 4.98 Å². The summed E-state index contributed by atoms with van der Waals surface area (Å²) in [6.07, 6.45) is 1.62. The van der Waals surface area contributed by atoms with E-state index in [0.29, 0.717) is 12.1 Å². The third-order valence-corrected chi connectivity index (χ3v) is 2.78. The molecule has 0 saturated heterocycles. The highest BCUT2D eigenvalue weighted by Crippen LogP contribution is 2.14. The monoisotopic (exact) mass is 258 g/mol. The Kier molecular flexibility index (Phi) is 3.75. The molecular weight excluding hydrogens is 243 g/mol. The molecule has 0 spiro atoms. The van der Waals surface area contributed by atoms with Gasteiger partial charge in [0.25, 0.3) is 0 Å². The summed E-state index contributed by atoms with van der Waals surface area (Å²) in [5, 5.41) is 7.41. The van der Waals surface area contributed by atoms with Crippen LogP contribution in [-0.2, 0) is 6.54 Å². The van der Waals surface area contributed by atoms with Crippen LogP contribution in [0.3, 0.4) is 0 Å². The van der Waals surface area contributed by atoms with Crippen molar-refractivity contribution in [1.82, 2.24) is 4.98 Å². The highest BCUT2D eigenvalue weighted by atomic mass is 19.1. The van der Waals surface area contributed by atoms with Gasteiger partial charge in [0.1, 0.15) is 17.5 Å². The Morgan fingerprint density at radius 1 is 1.32 bits per heavy atom. The SMILES string of the molecule is CN(Cc1ccc(F)cc1)c1cc(C(=N)N)ccn1. The maximum atomic E-state index is 12.8. The molecule has 0 fully saturated rings. The highest BCUT2D eigenvalue weighted by molar-refractivity contribution is 5.95. The lowest BCUT2D eigenvalue weighted by Gasteiger charge is -2.18. The molecule has 98 valence electrons. The van der Waals surface area contributed by atoms with Gasteiger partial charge < -0.3 is 10.6 Å². The van der Waals surface area contributed by atoms with E-state index in [1.54, 1.807) is 30.5 Å². The quantitative estimate of drug-likeness (QED) is 0.652. The van der Waals surface area contributed by atoms with E-state index in [-0.39, 0.29) is 11.7 Å². The number of aromatic nitrogens is 1. The molecule has 0 bridgehead atoms. The average Bonchev–Trinajstić information content (AvgIpc) is 2.41. The summed E-state index contributed by atoms with van der Waals surface area (Å²) in [6.45, 7) is 0.606. The number of nitrogens with two attached hydrogens (primary N) is 1. The lowest BCUT2D eigenvalue weighted by Crippen LogP contribution is -2.19. The van der Waals surface area contributed by atoms with E-state index in [0.717, 1.165) is 11.4 Å². The van der Waals surface area contributed by atoms with Crippen LogP contribution in [0.5, 0.6) is 0 Å². The predicted octanol–water partition coefficient (Wildman–Crippen LogP) is 2.14. The number of nitrogens with zero attached hydrogens (tertiary/aromatic N) is 2. The Bertz CT molecular complexity index is 580. The fraction of sp³-hybridized carbons (Fsp3) is 0.143. The number of rotatable bonds is 4. The van der Waals surface area contributed by atoms with Crippen molar-refractivity contribution in [1.29, 1.82) is 5.41 Å². The standard InChI is InChI=1S/C14H15FN4/c1-19(9-10-2-4-12(15)5-3-10)13-8-11(14(16)17)6-7-18-13/h2-8H,9H2,1H3,(H3,16,17). The molecule has 19 heavy (non-hydrogen) atoms. The highest BCUT2D eigenvalue weighted by Gasteiger charge is 2.06. The molecule has 4 nitrogen and oxygen atoms in total. The van der Waals surface area contributed by atoms with Gasteiger partial charge in [-0.15, -0.1) is 0 Å². The molecule has 2 rings (SSSR count).